The minimum Gasteiger partial charge on any atom is -0.397 e. The Bertz CT molecular complexity index is 168. The molecule has 3 heteroatoms. The summed E-state index contributed by atoms with van der Waals surface area (Å²) in [5.74, 6) is 1.04. The molecule has 1 N–H and O–H groups in total. The van der Waals surface area contributed by atoms with Gasteiger partial charge >= 0.3 is 0 Å². The van der Waals surface area contributed by atoms with Crippen LogP contribution in [-0.2, 0) is 0 Å². The second kappa shape index (κ2) is 10.4. The molecule has 0 bridgehead atoms. The van der Waals surface area contributed by atoms with E-state index in [9.17, 15) is 5.11 Å². The SMILES string of the molecule is C[Si](C)(C)C(O)CCCCCCCCCCS. The van der Waals surface area contributed by atoms with Gasteiger partial charge in [0, 0.05) is 5.73 Å². The van der Waals surface area contributed by atoms with Crippen LogP contribution < -0.4 is 0 Å². The van der Waals surface area contributed by atoms with Crippen molar-refractivity contribution in [3.05, 3.63) is 0 Å². The molecule has 1 unspecified atom stereocenters. The highest BCUT2D eigenvalue weighted by Crippen LogP contribution is 2.16. The van der Waals surface area contributed by atoms with Crippen molar-refractivity contribution >= 4 is 20.7 Å². The van der Waals surface area contributed by atoms with Gasteiger partial charge in [-0.05, 0) is 18.6 Å². The summed E-state index contributed by atoms with van der Waals surface area (Å²) < 4.78 is 0. The van der Waals surface area contributed by atoms with Crippen molar-refractivity contribution in [2.45, 2.75) is 83.2 Å². The zero-order chi connectivity index (χ0) is 13.1. The lowest BCUT2D eigenvalue weighted by Crippen LogP contribution is -2.37. The normalized spacial score (nSPS) is 13.9. The van der Waals surface area contributed by atoms with Gasteiger partial charge in [0.05, 0.1) is 8.07 Å². The van der Waals surface area contributed by atoms with Crippen LogP contribution >= 0.6 is 12.6 Å². The topological polar surface area (TPSA) is 20.2 Å². The summed E-state index contributed by atoms with van der Waals surface area (Å²) >= 11 is 4.21. The molecule has 0 radical (unpaired) electrons. The number of hydrogen-bond donors (Lipinski definition) is 2. The van der Waals surface area contributed by atoms with E-state index < -0.39 is 8.07 Å². The third-order valence-corrected chi connectivity index (χ3v) is 5.99. The highest BCUT2D eigenvalue weighted by molar-refractivity contribution is 7.80. The first kappa shape index (κ1) is 17.5. The standard InChI is InChI=1S/C14H32OSSi/c1-17(2,3)14(15)12-10-8-6-4-5-7-9-11-13-16/h14-16H,4-13H2,1-3H3. The van der Waals surface area contributed by atoms with E-state index in [0.717, 1.165) is 12.2 Å². The van der Waals surface area contributed by atoms with E-state index in [4.69, 9.17) is 0 Å². The van der Waals surface area contributed by atoms with Gasteiger partial charge in [0.2, 0.25) is 0 Å². The van der Waals surface area contributed by atoms with E-state index in [-0.39, 0.29) is 5.73 Å². The summed E-state index contributed by atoms with van der Waals surface area (Å²) in [6.45, 7) is 6.75. The number of rotatable bonds is 11. The Balaban J connectivity index is 3.19. The maximum Gasteiger partial charge on any atom is 0.0781 e. The largest absolute Gasteiger partial charge is 0.397 e. The van der Waals surface area contributed by atoms with Crippen LogP contribution in [0.2, 0.25) is 19.6 Å². The first-order valence-corrected chi connectivity index (χ1v) is 11.5. The van der Waals surface area contributed by atoms with Crippen LogP contribution in [-0.4, -0.2) is 24.7 Å². The van der Waals surface area contributed by atoms with Crippen LogP contribution in [0, 0.1) is 0 Å². The quantitative estimate of drug-likeness (QED) is 0.319. The van der Waals surface area contributed by atoms with E-state index in [2.05, 4.69) is 32.3 Å². The molecule has 0 aliphatic heterocycles. The maximum absolute atomic E-state index is 9.94. The fourth-order valence-electron chi connectivity index (χ4n) is 1.94. The summed E-state index contributed by atoms with van der Waals surface area (Å²) in [6.07, 6.45) is 11.6. The van der Waals surface area contributed by atoms with Gasteiger partial charge in [0.15, 0.2) is 0 Å². The van der Waals surface area contributed by atoms with Gasteiger partial charge in [-0.25, -0.2) is 0 Å². The molecule has 0 aromatic heterocycles. The number of hydrogen-bond acceptors (Lipinski definition) is 2. The number of aliphatic hydroxyl groups excluding tert-OH is 1. The molecule has 0 saturated carbocycles. The lowest BCUT2D eigenvalue weighted by molar-refractivity contribution is 0.228. The van der Waals surface area contributed by atoms with Crippen LogP contribution in [0.25, 0.3) is 0 Å². The Labute approximate surface area is 115 Å². The molecule has 0 fully saturated rings. The van der Waals surface area contributed by atoms with Crippen LogP contribution in [0.1, 0.15) is 57.8 Å². The van der Waals surface area contributed by atoms with Crippen LogP contribution in [0.3, 0.4) is 0 Å². The minimum atomic E-state index is -1.30. The molecule has 0 heterocycles. The monoisotopic (exact) mass is 276 g/mol. The average molecular weight is 277 g/mol. The highest BCUT2D eigenvalue weighted by Gasteiger charge is 2.23. The molecule has 1 atom stereocenters. The maximum atomic E-state index is 9.94. The van der Waals surface area contributed by atoms with Crippen molar-refractivity contribution < 1.29 is 5.11 Å². The van der Waals surface area contributed by atoms with Gasteiger partial charge in [0.1, 0.15) is 0 Å². The van der Waals surface area contributed by atoms with Gasteiger partial charge in [-0.15, -0.1) is 0 Å². The van der Waals surface area contributed by atoms with Crippen molar-refractivity contribution in [3.8, 4) is 0 Å². The van der Waals surface area contributed by atoms with E-state index in [1.807, 2.05) is 0 Å². The third kappa shape index (κ3) is 11.4. The smallest absolute Gasteiger partial charge is 0.0781 e. The average Bonchev–Trinajstić information content (AvgIpc) is 2.25. The predicted molar refractivity (Wildman–Crippen MR) is 84.8 cm³/mol. The summed E-state index contributed by atoms with van der Waals surface area (Å²) in [5.41, 5.74) is -0.00196. The molecular weight excluding hydrogens is 244 g/mol. The first-order valence-electron chi connectivity index (χ1n) is 7.27. The predicted octanol–water partition coefficient (Wildman–Crippen LogP) is 4.67. The Hall–Kier alpha value is 0.527. The summed E-state index contributed by atoms with van der Waals surface area (Å²) in [4.78, 5) is 0. The summed E-state index contributed by atoms with van der Waals surface area (Å²) in [6, 6.07) is 0. The van der Waals surface area contributed by atoms with Gasteiger partial charge in [-0.3, -0.25) is 0 Å². The van der Waals surface area contributed by atoms with E-state index in [0.29, 0.717) is 0 Å². The molecule has 1 nitrogen and oxygen atoms in total. The van der Waals surface area contributed by atoms with Crippen molar-refractivity contribution in [3.63, 3.8) is 0 Å². The van der Waals surface area contributed by atoms with Crippen LogP contribution in [0.15, 0.2) is 0 Å². The molecule has 0 saturated heterocycles. The molecule has 0 aromatic carbocycles. The van der Waals surface area contributed by atoms with Crippen molar-refractivity contribution in [2.75, 3.05) is 5.75 Å². The minimum absolute atomic E-state index is 0.00196. The Morgan fingerprint density at radius 1 is 0.824 bits per heavy atom. The van der Waals surface area contributed by atoms with E-state index >= 15 is 0 Å². The number of aliphatic hydroxyl groups is 1. The lowest BCUT2D eigenvalue weighted by atomic mass is 10.1. The molecular formula is C14H32OSSi. The van der Waals surface area contributed by atoms with Crippen molar-refractivity contribution in [2.24, 2.45) is 0 Å². The van der Waals surface area contributed by atoms with Gasteiger partial charge in [0.25, 0.3) is 0 Å². The molecule has 0 aliphatic rings. The zero-order valence-corrected chi connectivity index (χ0v) is 13.9. The summed E-state index contributed by atoms with van der Waals surface area (Å²) in [5, 5.41) is 9.94. The van der Waals surface area contributed by atoms with E-state index in [1.165, 1.54) is 51.4 Å². The lowest BCUT2D eigenvalue weighted by Gasteiger charge is -2.23. The van der Waals surface area contributed by atoms with Gasteiger partial charge < -0.3 is 5.11 Å². The molecule has 0 rings (SSSR count). The van der Waals surface area contributed by atoms with Gasteiger partial charge in [-0.2, -0.15) is 12.6 Å². The molecule has 104 valence electrons. The molecule has 17 heavy (non-hydrogen) atoms. The Kier molecular flexibility index (Phi) is 10.8. The second-order valence-electron chi connectivity index (χ2n) is 6.22. The number of thiol groups is 1. The summed E-state index contributed by atoms with van der Waals surface area (Å²) in [7, 11) is -1.30. The fourth-order valence-corrected chi connectivity index (χ4v) is 3.24. The van der Waals surface area contributed by atoms with Gasteiger partial charge in [-0.1, -0.05) is 64.6 Å². The second-order valence-corrected chi connectivity index (χ2v) is 12.1. The Morgan fingerprint density at radius 2 is 1.24 bits per heavy atom. The molecule has 0 amide bonds. The van der Waals surface area contributed by atoms with Crippen LogP contribution in [0.4, 0.5) is 0 Å². The highest BCUT2D eigenvalue weighted by atomic mass is 32.1. The zero-order valence-electron chi connectivity index (χ0n) is 12.0. The molecule has 0 spiro atoms. The molecule has 0 aliphatic carbocycles. The van der Waals surface area contributed by atoms with E-state index in [1.54, 1.807) is 0 Å². The first-order chi connectivity index (χ1) is 7.98. The third-order valence-electron chi connectivity index (χ3n) is 3.39. The van der Waals surface area contributed by atoms with Crippen molar-refractivity contribution in [1.29, 1.82) is 0 Å². The fraction of sp³-hybridized carbons (Fsp3) is 1.00. The Morgan fingerprint density at radius 3 is 1.65 bits per heavy atom. The molecule has 0 aromatic rings. The number of unbranched alkanes of at least 4 members (excludes halogenated alkanes) is 7. The van der Waals surface area contributed by atoms with Crippen molar-refractivity contribution in [1.82, 2.24) is 0 Å². The van der Waals surface area contributed by atoms with Crippen LogP contribution in [0.5, 0.6) is 0 Å².